The lowest BCUT2D eigenvalue weighted by atomic mass is 10.0. The highest BCUT2D eigenvalue weighted by Crippen LogP contribution is 2.34. The molecule has 0 heterocycles. The predicted molar refractivity (Wildman–Crippen MR) is 88.0 cm³/mol. The van der Waals surface area contributed by atoms with Gasteiger partial charge < -0.3 is 11.1 Å². The van der Waals surface area contributed by atoms with E-state index < -0.39 is 23.6 Å². The Kier molecular flexibility index (Phi) is 5.17. The molecule has 0 saturated carbocycles. The summed E-state index contributed by atoms with van der Waals surface area (Å²) in [5.74, 6) is -1.50. The van der Waals surface area contributed by atoms with Gasteiger partial charge in [-0.25, -0.2) is 8.78 Å². The standard InChI is InChI=1S/C17H13F2N3O.ClH/c18-13-4-1-10(7-9(13)8-20)22-17(23)12-2-5-14(19)16-11(12)3-6-15(16)21;/h1-2,4-5,7,15H,3,6,21H2,(H,22,23);1H/t15-;/m0./s1. The van der Waals surface area contributed by atoms with Crippen molar-refractivity contribution in [2.24, 2.45) is 5.73 Å². The van der Waals surface area contributed by atoms with Crippen molar-refractivity contribution >= 4 is 24.0 Å². The summed E-state index contributed by atoms with van der Waals surface area (Å²) in [6.45, 7) is 0. The topological polar surface area (TPSA) is 78.9 Å². The average Bonchev–Trinajstić information content (AvgIpc) is 2.92. The van der Waals surface area contributed by atoms with Gasteiger partial charge in [0.2, 0.25) is 0 Å². The summed E-state index contributed by atoms with van der Waals surface area (Å²) >= 11 is 0. The van der Waals surface area contributed by atoms with Gasteiger partial charge >= 0.3 is 0 Å². The second-order valence-corrected chi connectivity index (χ2v) is 5.39. The first-order valence-electron chi connectivity index (χ1n) is 7.09. The Hall–Kier alpha value is -2.49. The van der Waals surface area contributed by atoms with E-state index in [-0.39, 0.29) is 18.0 Å². The van der Waals surface area contributed by atoms with E-state index in [1.54, 1.807) is 6.07 Å². The normalized spacial score (nSPS) is 15.2. The van der Waals surface area contributed by atoms with Gasteiger partial charge in [-0.2, -0.15) is 5.26 Å². The van der Waals surface area contributed by atoms with E-state index in [4.69, 9.17) is 11.0 Å². The Bertz CT molecular complexity index is 848. The first-order valence-corrected chi connectivity index (χ1v) is 7.09. The zero-order valence-corrected chi connectivity index (χ0v) is 13.3. The van der Waals surface area contributed by atoms with Crippen molar-refractivity contribution in [3.8, 4) is 6.07 Å². The lowest BCUT2D eigenvalue weighted by molar-refractivity contribution is 0.102. The number of halogens is 3. The lowest BCUT2D eigenvalue weighted by Crippen LogP contribution is -2.16. The molecule has 124 valence electrons. The minimum absolute atomic E-state index is 0. The Morgan fingerprint density at radius 2 is 1.96 bits per heavy atom. The fourth-order valence-electron chi connectivity index (χ4n) is 2.85. The molecule has 1 amide bonds. The van der Waals surface area contributed by atoms with Crippen LogP contribution in [-0.2, 0) is 6.42 Å². The number of rotatable bonds is 2. The highest BCUT2D eigenvalue weighted by molar-refractivity contribution is 6.05. The van der Waals surface area contributed by atoms with Crippen LogP contribution < -0.4 is 11.1 Å². The first-order chi connectivity index (χ1) is 11.0. The minimum atomic E-state index is -0.654. The van der Waals surface area contributed by atoms with Gasteiger partial charge in [-0.1, -0.05) is 0 Å². The minimum Gasteiger partial charge on any atom is -0.324 e. The Labute approximate surface area is 143 Å². The molecule has 24 heavy (non-hydrogen) atoms. The average molecular weight is 350 g/mol. The zero-order chi connectivity index (χ0) is 16.6. The molecule has 1 aliphatic rings. The molecular weight excluding hydrogens is 336 g/mol. The second kappa shape index (κ2) is 6.95. The fraction of sp³-hybridized carbons (Fsp3) is 0.176. The number of carbonyl (C=O) groups is 1. The quantitative estimate of drug-likeness (QED) is 0.871. The smallest absolute Gasteiger partial charge is 0.255 e. The van der Waals surface area contributed by atoms with Crippen molar-refractivity contribution in [3.05, 3.63) is 64.2 Å². The summed E-state index contributed by atoms with van der Waals surface area (Å²) in [7, 11) is 0. The third-order valence-electron chi connectivity index (χ3n) is 3.97. The highest BCUT2D eigenvalue weighted by Gasteiger charge is 2.27. The molecule has 1 atom stereocenters. The summed E-state index contributed by atoms with van der Waals surface area (Å²) in [5.41, 5.74) is 7.35. The van der Waals surface area contributed by atoms with Gasteiger partial charge in [0.25, 0.3) is 5.91 Å². The highest BCUT2D eigenvalue weighted by atomic mass is 35.5. The van der Waals surface area contributed by atoms with Crippen LogP contribution in [0.2, 0.25) is 0 Å². The number of hydrogen-bond donors (Lipinski definition) is 2. The molecule has 0 saturated heterocycles. The van der Waals surface area contributed by atoms with Gasteiger partial charge in [-0.15, -0.1) is 12.4 Å². The molecule has 0 spiro atoms. The van der Waals surface area contributed by atoms with Crippen molar-refractivity contribution < 1.29 is 13.6 Å². The molecule has 0 radical (unpaired) electrons. The van der Waals surface area contributed by atoms with E-state index in [1.807, 2.05) is 0 Å². The number of fused-ring (bicyclic) bond motifs is 1. The van der Waals surface area contributed by atoms with Crippen LogP contribution in [0.5, 0.6) is 0 Å². The number of amides is 1. The maximum Gasteiger partial charge on any atom is 0.255 e. The van der Waals surface area contributed by atoms with Gasteiger partial charge in [0, 0.05) is 22.9 Å². The molecular formula is C17H14ClF2N3O. The van der Waals surface area contributed by atoms with Crippen molar-refractivity contribution in [1.29, 1.82) is 5.26 Å². The maximum atomic E-state index is 13.9. The van der Waals surface area contributed by atoms with Crippen molar-refractivity contribution in [1.82, 2.24) is 0 Å². The van der Waals surface area contributed by atoms with E-state index >= 15 is 0 Å². The molecule has 4 nitrogen and oxygen atoms in total. The Morgan fingerprint density at radius 3 is 2.67 bits per heavy atom. The number of nitrogens with one attached hydrogen (secondary N) is 1. The predicted octanol–water partition coefficient (Wildman–Crippen LogP) is 3.46. The number of hydrogen-bond acceptors (Lipinski definition) is 3. The van der Waals surface area contributed by atoms with Crippen LogP contribution in [0.25, 0.3) is 0 Å². The second-order valence-electron chi connectivity index (χ2n) is 5.39. The van der Waals surface area contributed by atoms with Crippen molar-refractivity contribution in [2.45, 2.75) is 18.9 Å². The fourth-order valence-corrected chi connectivity index (χ4v) is 2.85. The van der Waals surface area contributed by atoms with Crippen LogP contribution in [0, 0.1) is 23.0 Å². The number of nitriles is 1. The van der Waals surface area contributed by atoms with Crippen molar-refractivity contribution in [2.75, 3.05) is 5.32 Å². The summed E-state index contributed by atoms with van der Waals surface area (Å²) in [6, 6.07) is 7.67. The van der Waals surface area contributed by atoms with Crippen LogP contribution in [0.1, 0.15) is 39.5 Å². The number of nitrogens with two attached hydrogens (primary N) is 1. The molecule has 3 rings (SSSR count). The van der Waals surface area contributed by atoms with Gasteiger partial charge in [-0.3, -0.25) is 4.79 Å². The summed E-state index contributed by atoms with van der Waals surface area (Å²) < 4.78 is 27.2. The van der Waals surface area contributed by atoms with Crippen LogP contribution in [0.3, 0.4) is 0 Å². The Balaban J connectivity index is 0.00000208. The summed E-state index contributed by atoms with van der Waals surface area (Å²) in [5, 5.41) is 11.4. The number of anilines is 1. The lowest BCUT2D eigenvalue weighted by Gasteiger charge is -2.12. The first kappa shape index (κ1) is 17.9. The monoisotopic (exact) mass is 349 g/mol. The van der Waals surface area contributed by atoms with Gasteiger partial charge in [-0.05, 0) is 48.7 Å². The van der Waals surface area contributed by atoms with E-state index in [2.05, 4.69) is 5.32 Å². The molecule has 2 aromatic carbocycles. The van der Waals surface area contributed by atoms with Gasteiger partial charge in [0.1, 0.15) is 17.7 Å². The van der Waals surface area contributed by atoms with E-state index in [0.29, 0.717) is 35.2 Å². The number of benzene rings is 2. The zero-order valence-electron chi connectivity index (χ0n) is 12.5. The molecule has 0 unspecified atom stereocenters. The molecule has 3 N–H and O–H groups in total. The van der Waals surface area contributed by atoms with Crippen LogP contribution in [-0.4, -0.2) is 5.91 Å². The molecule has 7 heteroatoms. The third-order valence-corrected chi connectivity index (χ3v) is 3.97. The van der Waals surface area contributed by atoms with Gasteiger partial charge in [0.05, 0.1) is 5.56 Å². The molecule has 0 aliphatic heterocycles. The molecule has 0 bridgehead atoms. The number of carbonyl (C=O) groups excluding carboxylic acids is 1. The van der Waals surface area contributed by atoms with Crippen LogP contribution >= 0.6 is 12.4 Å². The van der Waals surface area contributed by atoms with E-state index in [9.17, 15) is 13.6 Å². The van der Waals surface area contributed by atoms with Gasteiger partial charge in [0.15, 0.2) is 0 Å². The molecule has 0 fully saturated rings. The van der Waals surface area contributed by atoms with E-state index in [1.165, 1.54) is 24.3 Å². The van der Waals surface area contributed by atoms with Crippen LogP contribution in [0.15, 0.2) is 30.3 Å². The summed E-state index contributed by atoms with van der Waals surface area (Å²) in [6.07, 6.45) is 1.12. The maximum absolute atomic E-state index is 13.9. The Morgan fingerprint density at radius 1 is 1.25 bits per heavy atom. The van der Waals surface area contributed by atoms with Crippen LogP contribution in [0.4, 0.5) is 14.5 Å². The summed E-state index contributed by atoms with van der Waals surface area (Å²) in [4.78, 5) is 12.4. The molecule has 1 aliphatic carbocycles. The molecule has 0 aromatic heterocycles. The molecule has 2 aromatic rings. The number of nitrogens with zero attached hydrogens (tertiary/aromatic N) is 1. The van der Waals surface area contributed by atoms with Crippen molar-refractivity contribution in [3.63, 3.8) is 0 Å². The van der Waals surface area contributed by atoms with E-state index in [0.717, 1.165) is 6.07 Å². The largest absolute Gasteiger partial charge is 0.324 e. The SMILES string of the molecule is Cl.N#Cc1cc(NC(=O)c2ccc(F)c3c2CC[C@@H]3N)ccc1F. The third kappa shape index (κ3) is 3.09.